The fourth-order valence-electron chi connectivity index (χ4n) is 0.803. The summed E-state index contributed by atoms with van der Waals surface area (Å²) in [5, 5.41) is 9.30. The smallest absolute Gasteiger partial charge is 0.171 e. The van der Waals surface area contributed by atoms with Crippen LogP contribution in [0, 0.1) is 3.83 Å². The molecule has 0 aromatic carbocycles. The first kappa shape index (κ1) is 8.99. The van der Waals surface area contributed by atoms with Gasteiger partial charge in [-0.2, -0.15) is 0 Å². The molecule has 4 heteroatoms. The Morgan fingerprint density at radius 1 is 1.82 bits per heavy atom. The summed E-state index contributed by atoms with van der Waals surface area (Å²) in [5.41, 5.74) is 0. The molecule has 1 aromatic heterocycles. The maximum atomic E-state index is 9.30. The number of halogens is 1. The quantitative estimate of drug-likeness (QED) is 0.836. The normalized spacial score (nSPS) is 13.4. The number of hydrogen-bond donors (Lipinski definition) is 1. The molecule has 0 bridgehead atoms. The first-order valence-electron chi connectivity index (χ1n) is 3.58. The van der Waals surface area contributed by atoms with E-state index in [0.29, 0.717) is 6.54 Å². The maximum absolute atomic E-state index is 9.30. The van der Waals surface area contributed by atoms with Crippen molar-refractivity contribution in [1.29, 1.82) is 0 Å². The molecule has 1 N–H and O–H groups in total. The summed E-state index contributed by atoms with van der Waals surface area (Å²) in [6.07, 6.45) is 4.15. The van der Waals surface area contributed by atoms with Crippen molar-refractivity contribution < 1.29 is 5.11 Å². The minimum absolute atomic E-state index is 0.252. The Morgan fingerprint density at radius 2 is 2.55 bits per heavy atom. The molecular formula is C7H11IN2O. The number of hydrogen-bond acceptors (Lipinski definition) is 2. The van der Waals surface area contributed by atoms with E-state index in [0.717, 1.165) is 10.3 Å². The van der Waals surface area contributed by atoms with Crippen molar-refractivity contribution in [2.75, 3.05) is 0 Å². The summed E-state index contributed by atoms with van der Waals surface area (Å²) < 4.78 is 2.87. The van der Waals surface area contributed by atoms with Crippen LogP contribution in [0.5, 0.6) is 0 Å². The Labute approximate surface area is 79.6 Å². The van der Waals surface area contributed by atoms with Crippen LogP contribution in [0.1, 0.15) is 13.3 Å². The van der Waals surface area contributed by atoms with E-state index in [4.69, 9.17) is 0 Å². The summed E-state index contributed by atoms with van der Waals surface area (Å²) in [6.45, 7) is 2.61. The molecular weight excluding hydrogens is 255 g/mol. The van der Waals surface area contributed by atoms with Crippen LogP contribution in [0.2, 0.25) is 0 Å². The first-order chi connectivity index (χ1) is 5.24. The van der Waals surface area contributed by atoms with E-state index in [1.54, 1.807) is 6.20 Å². The molecule has 3 nitrogen and oxygen atoms in total. The van der Waals surface area contributed by atoms with Gasteiger partial charge in [-0.3, -0.25) is 0 Å². The lowest BCUT2D eigenvalue weighted by Gasteiger charge is -2.08. The second-order valence-electron chi connectivity index (χ2n) is 2.41. The summed E-state index contributed by atoms with van der Waals surface area (Å²) in [6, 6.07) is 0. The molecule has 0 aliphatic rings. The van der Waals surface area contributed by atoms with Crippen molar-refractivity contribution in [1.82, 2.24) is 9.55 Å². The van der Waals surface area contributed by atoms with Crippen molar-refractivity contribution in [3.8, 4) is 0 Å². The van der Waals surface area contributed by atoms with Gasteiger partial charge in [-0.1, -0.05) is 6.92 Å². The highest BCUT2D eigenvalue weighted by molar-refractivity contribution is 14.1. The van der Waals surface area contributed by atoms with Gasteiger partial charge in [0.25, 0.3) is 0 Å². The molecule has 0 saturated carbocycles. The molecule has 0 aliphatic carbocycles. The predicted octanol–water partition coefficient (Wildman–Crippen LogP) is 1.26. The Hall–Kier alpha value is -0.100. The van der Waals surface area contributed by atoms with Gasteiger partial charge in [0.15, 0.2) is 3.83 Å². The molecule has 0 radical (unpaired) electrons. The fourth-order valence-corrected chi connectivity index (χ4v) is 1.32. The van der Waals surface area contributed by atoms with E-state index >= 15 is 0 Å². The Kier molecular flexibility index (Phi) is 3.32. The number of aliphatic hydroxyl groups is 1. The van der Waals surface area contributed by atoms with Crippen LogP contribution in [0.3, 0.4) is 0 Å². The van der Waals surface area contributed by atoms with Gasteiger partial charge >= 0.3 is 0 Å². The Balaban J connectivity index is 2.56. The van der Waals surface area contributed by atoms with Crippen LogP contribution in [-0.4, -0.2) is 20.8 Å². The molecule has 1 atom stereocenters. The Morgan fingerprint density at radius 3 is 3.00 bits per heavy atom. The zero-order valence-electron chi connectivity index (χ0n) is 6.37. The highest BCUT2D eigenvalue weighted by Gasteiger charge is 2.03. The summed E-state index contributed by atoms with van der Waals surface area (Å²) in [7, 11) is 0. The van der Waals surface area contributed by atoms with Crippen LogP contribution in [0.4, 0.5) is 0 Å². The van der Waals surface area contributed by atoms with Gasteiger partial charge in [0.2, 0.25) is 0 Å². The minimum atomic E-state index is -0.252. The van der Waals surface area contributed by atoms with Crippen molar-refractivity contribution in [2.45, 2.75) is 26.0 Å². The highest BCUT2D eigenvalue weighted by Crippen LogP contribution is 2.03. The van der Waals surface area contributed by atoms with Crippen molar-refractivity contribution in [3.05, 3.63) is 16.2 Å². The molecule has 0 saturated heterocycles. The minimum Gasteiger partial charge on any atom is -0.391 e. The summed E-state index contributed by atoms with van der Waals surface area (Å²) in [5.74, 6) is 0. The average molecular weight is 266 g/mol. The third-order valence-electron chi connectivity index (χ3n) is 1.54. The molecule has 11 heavy (non-hydrogen) atoms. The van der Waals surface area contributed by atoms with Gasteiger partial charge in [0.1, 0.15) is 0 Å². The molecule has 0 fully saturated rings. The SMILES string of the molecule is CC[C@H](O)Cn1ccnc1I. The largest absolute Gasteiger partial charge is 0.391 e. The fraction of sp³-hybridized carbons (Fsp3) is 0.571. The molecule has 1 rings (SSSR count). The van der Waals surface area contributed by atoms with E-state index in [1.165, 1.54) is 0 Å². The van der Waals surface area contributed by atoms with Crippen molar-refractivity contribution in [3.63, 3.8) is 0 Å². The zero-order valence-corrected chi connectivity index (χ0v) is 8.52. The number of rotatable bonds is 3. The molecule has 1 aromatic rings. The summed E-state index contributed by atoms with van der Waals surface area (Å²) in [4.78, 5) is 4.04. The number of nitrogens with zero attached hydrogens (tertiary/aromatic N) is 2. The van der Waals surface area contributed by atoms with Gasteiger partial charge in [-0.15, -0.1) is 0 Å². The molecule has 0 spiro atoms. The third kappa shape index (κ3) is 2.44. The van der Waals surface area contributed by atoms with Crippen LogP contribution in [-0.2, 0) is 6.54 Å². The van der Waals surface area contributed by atoms with Crippen molar-refractivity contribution >= 4 is 22.6 Å². The van der Waals surface area contributed by atoms with Gasteiger partial charge in [0, 0.05) is 12.4 Å². The second-order valence-corrected chi connectivity index (χ2v) is 3.38. The highest BCUT2D eigenvalue weighted by atomic mass is 127. The van der Waals surface area contributed by atoms with Crippen LogP contribution in [0.25, 0.3) is 0 Å². The lowest BCUT2D eigenvalue weighted by Crippen LogP contribution is -2.14. The van der Waals surface area contributed by atoms with E-state index in [2.05, 4.69) is 27.6 Å². The molecule has 0 unspecified atom stereocenters. The van der Waals surface area contributed by atoms with Gasteiger partial charge in [-0.25, -0.2) is 4.98 Å². The lowest BCUT2D eigenvalue weighted by atomic mass is 10.3. The molecule has 62 valence electrons. The van der Waals surface area contributed by atoms with E-state index in [-0.39, 0.29) is 6.10 Å². The standard InChI is InChI=1S/C7H11IN2O/c1-2-6(11)5-10-4-3-9-7(10)8/h3-4,6,11H,2,5H2,1H3/t6-/m0/s1. The third-order valence-corrected chi connectivity index (χ3v) is 2.44. The van der Waals surface area contributed by atoms with E-state index < -0.39 is 0 Å². The van der Waals surface area contributed by atoms with Gasteiger partial charge in [0.05, 0.1) is 12.6 Å². The maximum Gasteiger partial charge on any atom is 0.171 e. The van der Waals surface area contributed by atoms with Crippen molar-refractivity contribution in [2.24, 2.45) is 0 Å². The first-order valence-corrected chi connectivity index (χ1v) is 4.66. The van der Waals surface area contributed by atoms with Gasteiger partial charge < -0.3 is 9.67 Å². The monoisotopic (exact) mass is 266 g/mol. The second kappa shape index (κ2) is 4.06. The average Bonchev–Trinajstić information content (AvgIpc) is 2.37. The van der Waals surface area contributed by atoms with Gasteiger partial charge in [-0.05, 0) is 29.0 Å². The summed E-state index contributed by atoms with van der Waals surface area (Å²) >= 11 is 2.15. The molecule has 1 heterocycles. The molecule has 0 aliphatic heterocycles. The Bertz CT molecular complexity index is 224. The number of aromatic nitrogens is 2. The number of imidazole rings is 1. The van der Waals surface area contributed by atoms with E-state index in [9.17, 15) is 5.11 Å². The van der Waals surface area contributed by atoms with Crippen LogP contribution < -0.4 is 0 Å². The topological polar surface area (TPSA) is 38.0 Å². The predicted molar refractivity (Wildman–Crippen MR) is 51.2 cm³/mol. The van der Waals surface area contributed by atoms with Crippen LogP contribution >= 0.6 is 22.6 Å². The zero-order chi connectivity index (χ0) is 8.27. The lowest BCUT2D eigenvalue weighted by molar-refractivity contribution is 0.149. The number of aliphatic hydroxyl groups excluding tert-OH is 1. The van der Waals surface area contributed by atoms with Crippen LogP contribution in [0.15, 0.2) is 12.4 Å². The van der Waals surface area contributed by atoms with E-state index in [1.807, 2.05) is 17.7 Å². The molecule has 0 amide bonds.